The number of carbonyl (C=O) groups is 1. The van der Waals surface area contributed by atoms with Gasteiger partial charge in [-0.2, -0.15) is 8.78 Å². The predicted molar refractivity (Wildman–Crippen MR) is 87.6 cm³/mol. The summed E-state index contributed by atoms with van der Waals surface area (Å²) in [6.07, 6.45) is 2.50. The molecule has 1 amide bonds. The Morgan fingerprint density at radius 3 is 2.96 bits per heavy atom. The van der Waals surface area contributed by atoms with E-state index in [1.54, 1.807) is 13.1 Å². The minimum absolute atomic E-state index is 0.0495. The van der Waals surface area contributed by atoms with Gasteiger partial charge in [0.05, 0.1) is 12.3 Å². The van der Waals surface area contributed by atoms with Crippen molar-refractivity contribution in [2.75, 3.05) is 12.8 Å². The Hall–Kier alpha value is -1.60. The van der Waals surface area contributed by atoms with E-state index in [0.29, 0.717) is 10.8 Å². The third kappa shape index (κ3) is 5.21. The van der Waals surface area contributed by atoms with Gasteiger partial charge in [0.15, 0.2) is 0 Å². The fourth-order valence-corrected chi connectivity index (χ4v) is 3.06. The average molecular weight is 360 g/mol. The van der Waals surface area contributed by atoms with Crippen molar-refractivity contribution in [1.29, 1.82) is 0 Å². The molecule has 2 aromatic rings. The Labute approximate surface area is 142 Å². The van der Waals surface area contributed by atoms with Crippen LogP contribution in [0.4, 0.5) is 8.78 Å². The Morgan fingerprint density at radius 2 is 2.26 bits per heavy atom. The first-order chi connectivity index (χ1) is 11.0. The van der Waals surface area contributed by atoms with Crippen molar-refractivity contribution < 1.29 is 13.6 Å². The van der Waals surface area contributed by atoms with Crippen LogP contribution in [-0.2, 0) is 17.1 Å². The van der Waals surface area contributed by atoms with Crippen LogP contribution >= 0.6 is 23.4 Å². The summed E-state index contributed by atoms with van der Waals surface area (Å²) in [7, 11) is 1.58. The maximum atomic E-state index is 12.7. The van der Waals surface area contributed by atoms with E-state index in [1.807, 2.05) is 18.2 Å². The molecule has 0 aliphatic heterocycles. The number of amides is 1. The SMILES string of the molecule is CN(Cc1nccn1C(F)F)C(=O)CSCc1cccc(Cl)c1. The molecule has 0 N–H and O–H groups in total. The molecule has 0 unspecified atom stereocenters. The molecule has 0 aliphatic rings. The van der Waals surface area contributed by atoms with Crippen LogP contribution in [0.25, 0.3) is 0 Å². The Balaban J connectivity index is 1.82. The molecule has 0 saturated carbocycles. The number of rotatable bonds is 7. The zero-order chi connectivity index (χ0) is 16.8. The number of halogens is 3. The highest BCUT2D eigenvalue weighted by atomic mass is 35.5. The minimum Gasteiger partial charge on any atom is -0.338 e. The summed E-state index contributed by atoms with van der Waals surface area (Å²) in [4.78, 5) is 17.3. The maximum absolute atomic E-state index is 12.7. The van der Waals surface area contributed by atoms with Crippen molar-refractivity contribution in [3.63, 3.8) is 0 Å². The fraction of sp³-hybridized carbons (Fsp3) is 0.333. The van der Waals surface area contributed by atoms with Crippen LogP contribution in [0.15, 0.2) is 36.7 Å². The third-order valence-corrected chi connectivity index (χ3v) is 4.37. The summed E-state index contributed by atoms with van der Waals surface area (Å²) in [5.41, 5.74) is 1.03. The molecule has 8 heteroatoms. The molecular formula is C15H16ClF2N3OS. The summed E-state index contributed by atoms with van der Waals surface area (Å²) in [5.74, 6) is 0.945. The van der Waals surface area contributed by atoms with Crippen LogP contribution < -0.4 is 0 Å². The number of aromatic nitrogens is 2. The number of carbonyl (C=O) groups excluding carboxylic acids is 1. The van der Waals surface area contributed by atoms with Crippen molar-refractivity contribution in [3.05, 3.63) is 53.1 Å². The quantitative estimate of drug-likeness (QED) is 0.754. The highest BCUT2D eigenvalue weighted by Crippen LogP contribution is 2.18. The number of hydrogen-bond acceptors (Lipinski definition) is 3. The van der Waals surface area contributed by atoms with Gasteiger partial charge in [0, 0.05) is 30.2 Å². The summed E-state index contributed by atoms with van der Waals surface area (Å²) in [6.45, 7) is -2.61. The molecule has 1 heterocycles. The molecule has 23 heavy (non-hydrogen) atoms. The first-order valence-electron chi connectivity index (χ1n) is 6.83. The summed E-state index contributed by atoms with van der Waals surface area (Å²) in [5, 5.41) is 0.658. The molecule has 0 fully saturated rings. The van der Waals surface area contributed by atoms with Gasteiger partial charge in [0.1, 0.15) is 5.82 Å². The van der Waals surface area contributed by atoms with E-state index in [0.717, 1.165) is 10.1 Å². The Kier molecular flexibility index (Phi) is 6.41. The number of alkyl halides is 2. The second kappa shape index (κ2) is 8.31. The summed E-state index contributed by atoms with van der Waals surface area (Å²) >= 11 is 7.35. The van der Waals surface area contributed by atoms with Crippen molar-refractivity contribution in [2.45, 2.75) is 18.8 Å². The summed E-state index contributed by atoms with van der Waals surface area (Å²) in [6, 6.07) is 7.44. The van der Waals surface area contributed by atoms with Crippen molar-refractivity contribution >= 4 is 29.3 Å². The van der Waals surface area contributed by atoms with Crippen LogP contribution in [-0.4, -0.2) is 33.2 Å². The van der Waals surface area contributed by atoms with Crippen LogP contribution in [0, 0.1) is 0 Å². The van der Waals surface area contributed by atoms with E-state index >= 15 is 0 Å². The molecule has 0 atom stereocenters. The molecule has 124 valence electrons. The number of hydrogen-bond donors (Lipinski definition) is 0. The van der Waals surface area contributed by atoms with Gasteiger partial charge >= 0.3 is 6.55 Å². The number of imidazole rings is 1. The van der Waals surface area contributed by atoms with Crippen molar-refractivity contribution in [1.82, 2.24) is 14.5 Å². The van der Waals surface area contributed by atoms with Crippen LogP contribution in [0.1, 0.15) is 17.9 Å². The lowest BCUT2D eigenvalue weighted by molar-refractivity contribution is -0.127. The van der Waals surface area contributed by atoms with Gasteiger partial charge in [-0.25, -0.2) is 4.98 Å². The highest BCUT2D eigenvalue weighted by Gasteiger charge is 2.16. The van der Waals surface area contributed by atoms with E-state index < -0.39 is 6.55 Å². The number of thioether (sulfide) groups is 1. The smallest absolute Gasteiger partial charge is 0.319 e. The Morgan fingerprint density at radius 1 is 1.48 bits per heavy atom. The van der Waals surface area contributed by atoms with Crippen molar-refractivity contribution in [3.8, 4) is 0 Å². The first-order valence-corrected chi connectivity index (χ1v) is 8.36. The van der Waals surface area contributed by atoms with E-state index in [-0.39, 0.29) is 24.0 Å². The molecule has 4 nitrogen and oxygen atoms in total. The van der Waals surface area contributed by atoms with E-state index in [4.69, 9.17) is 11.6 Å². The van der Waals surface area contributed by atoms with Gasteiger partial charge < -0.3 is 4.90 Å². The standard InChI is InChI=1S/C15H16ClF2N3OS/c1-20(8-13-19-5-6-21(13)15(17)18)14(22)10-23-9-11-3-2-4-12(16)7-11/h2-7,15H,8-10H2,1H3. The highest BCUT2D eigenvalue weighted by molar-refractivity contribution is 7.99. The lowest BCUT2D eigenvalue weighted by Gasteiger charge is -2.17. The third-order valence-electron chi connectivity index (χ3n) is 3.15. The average Bonchev–Trinajstić information content (AvgIpc) is 2.95. The van der Waals surface area contributed by atoms with E-state index in [9.17, 15) is 13.6 Å². The number of nitrogens with zero attached hydrogens (tertiary/aromatic N) is 3. The lowest BCUT2D eigenvalue weighted by atomic mass is 10.2. The van der Waals surface area contributed by atoms with E-state index in [2.05, 4.69) is 4.98 Å². The summed E-state index contributed by atoms with van der Waals surface area (Å²) < 4.78 is 26.2. The zero-order valence-corrected chi connectivity index (χ0v) is 14.0. The Bertz CT molecular complexity index is 666. The molecule has 0 aliphatic carbocycles. The second-order valence-electron chi connectivity index (χ2n) is 4.90. The molecule has 0 spiro atoms. The fourth-order valence-electron chi connectivity index (χ4n) is 1.94. The van der Waals surface area contributed by atoms with Crippen LogP contribution in [0.5, 0.6) is 0 Å². The zero-order valence-electron chi connectivity index (χ0n) is 12.5. The van der Waals surface area contributed by atoms with Gasteiger partial charge in [0.25, 0.3) is 0 Å². The largest absolute Gasteiger partial charge is 0.338 e. The molecule has 1 aromatic heterocycles. The van der Waals surface area contributed by atoms with Crippen LogP contribution in [0.2, 0.25) is 5.02 Å². The topological polar surface area (TPSA) is 38.1 Å². The van der Waals surface area contributed by atoms with Crippen molar-refractivity contribution in [2.24, 2.45) is 0 Å². The normalized spacial score (nSPS) is 11.0. The van der Waals surface area contributed by atoms with E-state index in [1.165, 1.54) is 29.1 Å². The van der Waals surface area contributed by atoms with Gasteiger partial charge in [-0.3, -0.25) is 9.36 Å². The maximum Gasteiger partial charge on any atom is 0.319 e. The van der Waals surface area contributed by atoms with Gasteiger partial charge in [0.2, 0.25) is 5.91 Å². The molecular weight excluding hydrogens is 344 g/mol. The molecule has 1 aromatic carbocycles. The minimum atomic E-state index is -2.66. The van der Waals surface area contributed by atoms with Gasteiger partial charge in [-0.05, 0) is 17.7 Å². The molecule has 0 bridgehead atoms. The second-order valence-corrected chi connectivity index (χ2v) is 6.32. The van der Waals surface area contributed by atoms with Gasteiger partial charge in [-0.1, -0.05) is 23.7 Å². The first kappa shape index (κ1) is 17.7. The lowest BCUT2D eigenvalue weighted by Crippen LogP contribution is -2.29. The predicted octanol–water partition coefficient (Wildman–Crippen LogP) is 3.82. The molecule has 0 radical (unpaired) electrons. The molecule has 2 rings (SSSR count). The monoisotopic (exact) mass is 359 g/mol. The number of benzene rings is 1. The van der Waals surface area contributed by atoms with Crippen LogP contribution in [0.3, 0.4) is 0 Å². The molecule has 0 saturated heterocycles. The van der Waals surface area contributed by atoms with Gasteiger partial charge in [-0.15, -0.1) is 11.8 Å².